The molecule has 1 saturated carbocycles. The number of hydrogen-bond donors (Lipinski definition) is 1. The van der Waals surface area contributed by atoms with Crippen molar-refractivity contribution in [3.05, 3.63) is 24.2 Å². The average Bonchev–Trinajstić information content (AvgIpc) is 3.61. The molecule has 0 aromatic heterocycles. The standard InChI is InChI=1S/C23H30F4N2O3S2/c1-4-17(14-7-8-14)29-12-15(6-5-9-23(25,26)27)28(2)34-20-11-19(21(33-3)10-18(20)29)32-13-16(24)22(30)31/h10-11,13-15,17H,4-9,12H2,1-3H3,(H,30,31)/b16-13-. The first-order valence-corrected chi connectivity index (χ1v) is 13.3. The van der Waals surface area contributed by atoms with Gasteiger partial charge in [0.25, 0.3) is 0 Å². The van der Waals surface area contributed by atoms with Crippen LogP contribution in [0.25, 0.3) is 0 Å². The van der Waals surface area contributed by atoms with Crippen molar-refractivity contribution in [3.63, 3.8) is 0 Å². The molecule has 2 unspecified atom stereocenters. The number of nitrogens with zero attached hydrogens (tertiary/aromatic N) is 2. The largest absolute Gasteiger partial charge is 0.476 e. The zero-order valence-corrected chi connectivity index (χ0v) is 21.0. The van der Waals surface area contributed by atoms with Crippen LogP contribution in [0.2, 0.25) is 0 Å². The molecule has 3 rings (SSSR count). The summed E-state index contributed by atoms with van der Waals surface area (Å²) in [5.74, 6) is -2.22. The van der Waals surface area contributed by atoms with Gasteiger partial charge in [-0.2, -0.15) is 17.6 Å². The minimum atomic E-state index is -4.17. The lowest BCUT2D eigenvalue weighted by Crippen LogP contribution is -2.44. The van der Waals surface area contributed by atoms with E-state index in [1.54, 1.807) is 6.07 Å². The minimum Gasteiger partial charge on any atom is -0.476 e. The van der Waals surface area contributed by atoms with Crippen LogP contribution in [-0.4, -0.2) is 53.5 Å². The molecule has 11 heteroatoms. The molecule has 2 atom stereocenters. The predicted octanol–water partition coefficient (Wildman–Crippen LogP) is 6.73. The van der Waals surface area contributed by atoms with Gasteiger partial charge in [0.2, 0.25) is 5.83 Å². The number of alkyl halides is 3. The summed E-state index contributed by atoms with van der Waals surface area (Å²) >= 11 is 2.83. The Kier molecular flexibility index (Phi) is 9.08. The number of carboxylic acids is 1. The molecule has 2 aliphatic rings. The highest BCUT2D eigenvalue weighted by Crippen LogP contribution is 2.47. The molecule has 34 heavy (non-hydrogen) atoms. The summed E-state index contributed by atoms with van der Waals surface area (Å²) in [6.07, 6.45) is 1.14. The topological polar surface area (TPSA) is 53.0 Å². The van der Waals surface area contributed by atoms with E-state index in [1.165, 1.54) is 23.7 Å². The third-order valence-corrected chi connectivity index (χ3v) is 8.06. The fraction of sp³-hybridized carbons (Fsp3) is 0.609. The summed E-state index contributed by atoms with van der Waals surface area (Å²) in [6.45, 7) is 2.75. The van der Waals surface area contributed by atoms with E-state index < -0.39 is 24.4 Å². The zero-order valence-electron chi connectivity index (χ0n) is 19.4. The van der Waals surface area contributed by atoms with E-state index in [4.69, 9.17) is 9.84 Å². The highest BCUT2D eigenvalue weighted by atomic mass is 32.2. The van der Waals surface area contributed by atoms with Gasteiger partial charge in [0.15, 0.2) is 0 Å². The summed E-state index contributed by atoms with van der Waals surface area (Å²) in [4.78, 5) is 14.7. The van der Waals surface area contributed by atoms with Gasteiger partial charge in [-0.05, 0) is 75.4 Å². The van der Waals surface area contributed by atoms with Gasteiger partial charge >= 0.3 is 12.1 Å². The number of carboxylic acid groups (broad SMARTS) is 1. The Morgan fingerprint density at radius 1 is 1.38 bits per heavy atom. The number of anilines is 1. The molecule has 1 aromatic carbocycles. The molecule has 1 aliphatic carbocycles. The summed E-state index contributed by atoms with van der Waals surface area (Å²) in [5.41, 5.74) is 0.980. The molecule has 5 nitrogen and oxygen atoms in total. The maximum Gasteiger partial charge on any atom is 0.389 e. The number of thioether (sulfide) groups is 1. The van der Waals surface area contributed by atoms with Crippen molar-refractivity contribution in [3.8, 4) is 5.75 Å². The van der Waals surface area contributed by atoms with Gasteiger partial charge in [0, 0.05) is 25.0 Å². The molecule has 0 saturated heterocycles. The Morgan fingerprint density at radius 2 is 2.09 bits per heavy atom. The second-order valence-corrected chi connectivity index (χ2v) is 10.7. The molecule has 1 heterocycles. The van der Waals surface area contributed by atoms with E-state index >= 15 is 0 Å². The number of halogens is 4. The summed E-state index contributed by atoms with van der Waals surface area (Å²) in [5, 5.41) is 8.77. The second-order valence-electron chi connectivity index (χ2n) is 8.62. The van der Waals surface area contributed by atoms with Gasteiger partial charge in [-0.3, -0.25) is 0 Å². The molecule has 1 aliphatic heterocycles. The number of fused-ring (bicyclic) bond motifs is 1. The first kappa shape index (κ1) is 27.0. The van der Waals surface area contributed by atoms with Crippen LogP contribution in [0.5, 0.6) is 5.75 Å². The highest BCUT2D eigenvalue weighted by Gasteiger charge is 2.38. The molecule has 1 N–H and O–H groups in total. The van der Waals surface area contributed by atoms with Crippen molar-refractivity contribution in [2.75, 3.05) is 24.7 Å². The van der Waals surface area contributed by atoms with Crippen LogP contribution >= 0.6 is 23.7 Å². The molecular formula is C23H30F4N2O3S2. The monoisotopic (exact) mass is 522 g/mol. The van der Waals surface area contributed by atoms with Crippen LogP contribution in [-0.2, 0) is 4.79 Å². The number of likely N-dealkylation sites (N-methyl/N-ethyl adjacent to an activating group) is 1. The summed E-state index contributed by atoms with van der Waals surface area (Å²) in [7, 11) is 1.88. The minimum absolute atomic E-state index is 0.0627. The number of ether oxygens (including phenoxy) is 1. The van der Waals surface area contributed by atoms with Gasteiger partial charge in [-0.1, -0.05) is 6.92 Å². The second kappa shape index (κ2) is 11.4. The van der Waals surface area contributed by atoms with Gasteiger partial charge in [-0.15, -0.1) is 11.8 Å². The van der Waals surface area contributed by atoms with Crippen molar-refractivity contribution in [2.45, 2.75) is 73.5 Å². The van der Waals surface area contributed by atoms with Crippen molar-refractivity contribution in [1.82, 2.24) is 4.31 Å². The van der Waals surface area contributed by atoms with Gasteiger partial charge in [0.1, 0.15) is 12.0 Å². The first-order chi connectivity index (χ1) is 16.0. The Morgan fingerprint density at radius 3 is 2.65 bits per heavy atom. The van der Waals surface area contributed by atoms with Crippen LogP contribution in [0.4, 0.5) is 23.2 Å². The number of rotatable bonds is 10. The summed E-state index contributed by atoms with van der Waals surface area (Å²) < 4.78 is 59.2. The lowest BCUT2D eigenvalue weighted by Gasteiger charge is -2.36. The number of benzene rings is 1. The lowest BCUT2D eigenvalue weighted by atomic mass is 10.0. The quantitative estimate of drug-likeness (QED) is 0.120. The molecule has 1 aromatic rings. The molecule has 0 spiro atoms. The predicted molar refractivity (Wildman–Crippen MR) is 127 cm³/mol. The van der Waals surface area contributed by atoms with Crippen LogP contribution in [0.1, 0.15) is 45.4 Å². The normalized spacial score (nSPS) is 20.6. The molecule has 0 bridgehead atoms. The van der Waals surface area contributed by atoms with Gasteiger partial charge in [-0.25, -0.2) is 9.10 Å². The van der Waals surface area contributed by atoms with E-state index in [2.05, 4.69) is 11.8 Å². The van der Waals surface area contributed by atoms with Crippen LogP contribution in [0.15, 0.2) is 34.0 Å². The zero-order chi connectivity index (χ0) is 25.0. The third kappa shape index (κ3) is 6.97. The number of hydrogen-bond acceptors (Lipinski definition) is 6. The Labute approximate surface area is 206 Å². The summed E-state index contributed by atoms with van der Waals surface area (Å²) in [6, 6.07) is 3.92. The lowest BCUT2D eigenvalue weighted by molar-refractivity contribution is -0.136. The molecular weight excluding hydrogens is 492 g/mol. The smallest absolute Gasteiger partial charge is 0.389 e. The molecule has 1 fully saturated rings. The fourth-order valence-corrected chi connectivity index (χ4v) is 5.93. The Balaban J connectivity index is 1.95. The average molecular weight is 523 g/mol. The van der Waals surface area contributed by atoms with Crippen LogP contribution < -0.4 is 9.64 Å². The maximum absolute atomic E-state index is 13.5. The van der Waals surface area contributed by atoms with Gasteiger partial charge in [0.05, 0.1) is 15.5 Å². The number of aliphatic carboxylic acids is 1. The first-order valence-electron chi connectivity index (χ1n) is 11.3. The third-order valence-electron chi connectivity index (χ3n) is 6.19. The van der Waals surface area contributed by atoms with E-state index in [0.29, 0.717) is 30.9 Å². The Hall–Kier alpha value is -1.59. The van der Waals surface area contributed by atoms with Crippen LogP contribution in [0, 0.1) is 5.92 Å². The molecule has 0 amide bonds. The fourth-order valence-electron chi connectivity index (χ4n) is 4.33. The molecule has 190 valence electrons. The van der Waals surface area contributed by atoms with Crippen molar-refractivity contribution < 1.29 is 32.2 Å². The van der Waals surface area contributed by atoms with E-state index in [9.17, 15) is 22.4 Å². The van der Waals surface area contributed by atoms with Crippen LogP contribution in [0.3, 0.4) is 0 Å². The maximum atomic E-state index is 13.5. The number of carbonyl (C=O) groups is 1. The Bertz CT molecular complexity index is 909. The van der Waals surface area contributed by atoms with Crippen molar-refractivity contribution >= 4 is 35.4 Å². The van der Waals surface area contributed by atoms with E-state index in [-0.39, 0.29) is 18.5 Å². The highest BCUT2D eigenvalue weighted by molar-refractivity contribution is 7.98. The van der Waals surface area contributed by atoms with Gasteiger partial charge < -0.3 is 14.7 Å². The van der Waals surface area contributed by atoms with E-state index in [1.807, 2.05) is 23.7 Å². The van der Waals surface area contributed by atoms with E-state index in [0.717, 1.165) is 34.7 Å². The van der Waals surface area contributed by atoms with Crippen molar-refractivity contribution in [2.24, 2.45) is 5.92 Å². The molecule has 0 radical (unpaired) electrons. The van der Waals surface area contributed by atoms with Crippen molar-refractivity contribution in [1.29, 1.82) is 0 Å². The SMILES string of the molecule is CCC(C1CC1)N1CC(CCCC(F)(F)F)N(C)Sc2cc(O/C=C(\F)C(=O)O)c(SC)cc21.